The maximum absolute atomic E-state index is 11.2. The minimum atomic E-state index is -0.454. The first kappa shape index (κ1) is 16.0. The fourth-order valence-corrected chi connectivity index (χ4v) is 2.59. The minimum Gasteiger partial charge on any atom is -0.308 e. The van der Waals surface area contributed by atoms with E-state index in [1.54, 1.807) is 24.4 Å². The van der Waals surface area contributed by atoms with E-state index in [4.69, 9.17) is 12.2 Å². The van der Waals surface area contributed by atoms with Crippen LogP contribution in [-0.4, -0.2) is 20.9 Å². The molecule has 1 amide bonds. The Labute approximate surface area is 135 Å². The van der Waals surface area contributed by atoms with Crippen LogP contribution in [0.15, 0.2) is 29.6 Å². The van der Waals surface area contributed by atoms with E-state index in [2.05, 4.69) is 15.6 Å². The molecule has 7 nitrogen and oxygen atoms in total. The van der Waals surface area contributed by atoms with Crippen molar-refractivity contribution in [3.8, 4) is 11.3 Å². The molecule has 0 fully saturated rings. The van der Waals surface area contributed by atoms with E-state index >= 15 is 0 Å². The normalized spacial score (nSPS) is 10.0. The number of hydrogen-bond donors (Lipinski definition) is 2. The van der Waals surface area contributed by atoms with Crippen molar-refractivity contribution in [2.45, 2.75) is 13.3 Å². The van der Waals surface area contributed by atoms with Crippen molar-refractivity contribution in [3.05, 3.63) is 39.8 Å². The molecule has 0 spiro atoms. The molecule has 0 saturated carbocycles. The van der Waals surface area contributed by atoms with E-state index in [0.717, 1.165) is 0 Å². The molecule has 0 bridgehead atoms. The predicted molar refractivity (Wildman–Crippen MR) is 88.9 cm³/mol. The van der Waals surface area contributed by atoms with E-state index in [9.17, 15) is 14.9 Å². The number of aromatic nitrogens is 1. The zero-order chi connectivity index (χ0) is 16.1. The molecule has 114 valence electrons. The maximum atomic E-state index is 11.2. The summed E-state index contributed by atoms with van der Waals surface area (Å²) in [6, 6.07) is 6.22. The predicted octanol–water partition coefficient (Wildman–Crippen LogP) is 2.94. The molecule has 1 aromatic heterocycles. The van der Waals surface area contributed by atoms with E-state index in [0.29, 0.717) is 22.8 Å². The second-order valence-electron chi connectivity index (χ2n) is 4.20. The molecule has 2 N–H and O–H groups in total. The Hall–Kier alpha value is -2.39. The Morgan fingerprint density at radius 2 is 2.27 bits per heavy atom. The van der Waals surface area contributed by atoms with Gasteiger partial charge in [0.15, 0.2) is 10.2 Å². The monoisotopic (exact) mass is 336 g/mol. The number of thiocarbonyl (C=S) groups is 1. The smallest absolute Gasteiger partial charge is 0.270 e. The van der Waals surface area contributed by atoms with Crippen molar-refractivity contribution in [1.82, 2.24) is 10.3 Å². The molecule has 0 aliphatic rings. The average molecular weight is 336 g/mol. The third-order valence-corrected chi connectivity index (χ3v) is 3.61. The average Bonchev–Trinajstić information content (AvgIpc) is 2.95. The fourth-order valence-electron chi connectivity index (χ4n) is 1.59. The molecule has 1 aromatic carbocycles. The van der Waals surface area contributed by atoms with Crippen molar-refractivity contribution in [2.24, 2.45) is 0 Å². The van der Waals surface area contributed by atoms with Crippen molar-refractivity contribution >= 4 is 45.4 Å². The van der Waals surface area contributed by atoms with Crippen LogP contribution < -0.4 is 10.6 Å². The van der Waals surface area contributed by atoms with Gasteiger partial charge in [0.25, 0.3) is 5.69 Å². The van der Waals surface area contributed by atoms with Gasteiger partial charge in [-0.05, 0) is 12.2 Å². The SMILES string of the molecule is CCC(=O)NC(=S)Nc1nc(-c2cccc([N+](=O)[O-])c2)cs1. The summed E-state index contributed by atoms with van der Waals surface area (Å²) in [7, 11) is 0. The van der Waals surface area contributed by atoms with Gasteiger partial charge in [-0.2, -0.15) is 0 Å². The summed E-state index contributed by atoms with van der Waals surface area (Å²) in [5.74, 6) is -0.187. The van der Waals surface area contributed by atoms with Crippen LogP contribution in [0.1, 0.15) is 13.3 Å². The summed E-state index contributed by atoms with van der Waals surface area (Å²) in [6.45, 7) is 1.72. The highest BCUT2D eigenvalue weighted by molar-refractivity contribution is 7.80. The van der Waals surface area contributed by atoms with Gasteiger partial charge < -0.3 is 10.6 Å². The highest BCUT2D eigenvalue weighted by Crippen LogP contribution is 2.27. The standard InChI is InChI=1S/C13H12N4O3S2/c1-2-11(18)15-12(21)16-13-14-10(7-22-13)8-4-3-5-9(6-8)17(19)20/h3-7H,2H2,1H3,(H2,14,15,16,18,21). The highest BCUT2D eigenvalue weighted by atomic mass is 32.1. The molecule has 0 saturated heterocycles. The Morgan fingerprint density at radius 3 is 2.95 bits per heavy atom. The summed E-state index contributed by atoms with van der Waals surface area (Å²) >= 11 is 6.28. The number of nitro groups is 1. The summed E-state index contributed by atoms with van der Waals surface area (Å²) in [4.78, 5) is 25.9. The zero-order valence-electron chi connectivity index (χ0n) is 11.5. The summed E-state index contributed by atoms with van der Waals surface area (Å²) < 4.78 is 0. The van der Waals surface area contributed by atoms with Crippen LogP contribution in [0.5, 0.6) is 0 Å². The fraction of sp³-hybridized carbons (Fsp3) is 0.154. The van der Waals surface area contributed by atoms with Crippen LogP contribution in [0, 0.1) is 10.1 Å². The number of rotatable bonds is 4. The van der Waals surface area contributed by atoms with Crippen LogP contribution in [0.25, 0.3) is 11.3 Å². The second-order valence-corrected chi connectivity index (χ2v) is 5.47. The van der Waals surface area contributed by atoms with E-state index in [1.165, 1.54) is 23.5 Å². The lowest BCUT2D eigenvalue weighted by molar-refractivity contribution is -0.384. The van der Waals surface area contributed by atoms with Gasteiger partial charge in [0.2, 0.25) is 5.91 Å². The number of benzene rings is 1. The van der Waals surface area contributed by atoms with Gasteiger partial charge in [0.05, 0.1) is 10.6 Å². The van der Waals surface area contributed by atoms with Gasteiger partial charge in [0.1, 0.15) is 0 Å². The number of nitrogens with one attached hydrogen (secondary N) is 2. The van der Waals surface area contributed by atoms with Crippen LogP contribution >= 0.6 is 23.6 Å². The summed E-state index contributed by atoms with van der Waals surface area (Å²) in [5.41, 5.74) is 1.24. The number of nitrogens with zero attached hydrogens (tertiary/aromatic N) is 2. The first-order chi connectivity index (χ1) is 10.5. The van der Waals surface area contributed by atoms with Gasteiger partial charge >= 0.3 is 0 Å². The van der Waals surface area contributed by atoms with Crippen molar-refractivity contribution in [1.29, 1.82) is 0 Å². The Bertz CT molecular complexity index is 730. The largest absolute Gasteiger partial charge is 0.308 e. The maximum Gasteiger partial charge on any atom is 0.270 e. The van der Waals surface area contributed by atoms with Crippen LogP contribution in [-0.2, 0) is 4.79 Å². The first-order valence-corrected chi connectivity index (χ1v) is 7.59. The number of anilines is 1. The van der Waals surface area contributed by atoms with Crippen molar-refractivity contribution < 1.29 is 9.72 Å². The Balaban J connectivity index is 2.11. The molecule has 2 aromatic rings. The minimum absolute atomic E-state index is 0.00531. The van der Waals surface area contributed by atoms with Crippen molar-refractivity contribution in [2.75, 3.05) is 5.32 Å². The van der Waals surface area contributed by atoms with Gasteiger partial charge in [-0.25, -0.2) is 4.98 Å². The molecular weight excluding hydrogens is 324 g/mol. The number of non-ortho nitro benzene ring substituents is 1. The third kappa shape index (κ3) is 4.06. The molecule has 0 radical (unpaired) electrons. The summed E-state index contributed by atoms with van der Waals surface area (Å²) in [6.07, 6.45) is 0.332. The van der Waals surface area contributed by atoms with Gasteiger partial charge in [-0.1, -0.05) is 19.1 Å². The van der Waals surface area contributed by atoms with Crippen LogP contribution in [0.2, 0.25) is 0 Å². The van der Waals surface area contributed by atoms with Crippen LogP contribution in [0.3, 0.4) is 0 Å². The molecule has 0 unspecified atom stereocenters. The second kappa shape index (κ2) is 7.05. The highest BCUT2D eigenvalue weighted by Gasteiger charge is 2.11. The molecule has 0 aliphatic heterocycles. The lowest BCUT2D eigenvalue weighted by Gasteiger charge is -2.05. The van der Waals surface area contributed by atoms with Gasteiger partial charge in [-0.3, -0.25) is 14.9 Å². The first-order valence-electron chi connectivity index (χ1n) is 6.30. The number of thiazole rings is 1. The molecular formula is C13H12N4O3S2. The van der Waals surface area contributed by atoms with E-state index in [-0.39, 0.29) is 16.7 Å². The number of amides is 1. The lowest BCUT2D eigenvalue weighted by Crippen LogP contribution is -2.33. The van der Waals surface area contributed by atoms with E-state index in [1.807, 2.05) is 0 Å². The summed E-state index contributed by atoms with van der Waals surface area (Å²) in [5, 5.41) is 18.5. The zero-order valence-corrected chi connectivity index (χ0v) is 13.2. The molecule has 0 aliphatic carbocycles. The lowest BCUT2D eigenvalue weighted by atomic mass is 10.1. The van der Waals surface area contributed by atoms with Crippen molar-refractivity contribution in [3.63, 3.8) is 0 Å². The third-order valence-electron chi connectivity index (χ3n) is 2.65. The molecule has 9 heteroatoms. The van der Waals surface area contributed by atoms with Crippen LogP contribution in [0.4, 0.5) is 10.8 Å². The van der Waals surface area contributed by atoms with Gasteiger partial charge in [0, 0.05) is 29.5 Å². The molecule has 1 heterocycles. The number of carbonyl (C=O) groups is 1. The topological polar surface area (TPSA) is 97.2 Å². The molecule has 2 rings (SSSR count). The number of nitro benzene ring substituents is 1. The van der Waals surface area contributed by atoms with E-state index < -0.39 is 4.92 Å². The Kier molecular flexibility index (Phi) is 5.12. The molecule has 0 atom stereocenters. The Morgan fingerprint density at radius 1 is 1.50 bits per heavy atom. The number of hydrogen-bond acceptors (Lipinski definition) is 6. The number of carbonyl (C=O) groups excluding carboxylic acids is 1. The van der Waals surface area contributed by atoms with Gasteiger partial charge in [-0.15, -0.1) is 11.3 Å². The quantitative estimate of drug-likeness (QED) is 0.506. The molecule has 22 heavy (non-hydrogen) atoms.